The third-order valence-electron chi connectivity index (χ3n) is 3.83. The van der Waals surface area contributed by atoms with E-state index >= 15 is 0 Å². The van der Waals surface area contributed by atoms with Crippen molar-refractivity contribution in [3.05, 3.63) is 70.9 Å². The molecule has 0 aliphatic heterocycles. The van der Waals surface area contributed by atoms with Gasteiger partial charge in [0.1, 0.15) is 5.82 Å². The topological polar surface area (TPSA) is 103 Å². The molecule has 2 aromatic rings. The van der Waals surface area contributed by atoms with E-state index in [1.54, 1.807) is 19.1 Å². The molecule has 0 unspecified atom stereocenters. The van der Waals surface area contributed by atoms with Gasteiger partial charge in [0.2, 0.25) is 5.91 Å². The minimum absolute atomic E-state index is 0.192. The van der Waals surface area contributed by atoms with E-state index in [9.17, 15) is 24.0 Å². The van der Waals surface area contributed by atoms with Crippen molar-refractivity contribution < 1.29 is 28.2 Å². The largest absolute Gasteiger partial charge is 0.618 e. The fraction of sp³-hybridized carbons (Fsp3) is 0.263. The molecule has 0 saturated heterocycles. The number of pyridine rings is 1. The first kappa shape index (κ1) is 20.8. The molecule has 0 radical (unpaired) electrons. The monoisotopic (exact) mass is 389 g/mol. The second-order valence-electron chi connectivity index (χ2n) is 5.80. The summed E-state index contributed by atoms with van der Waals surface area (Å²) in [4.78, 5) is 37.3. The molecule has 28 heavy (non-hydrogen) atoms. The number of likely N-dealkylation sites (N-methyl/N-ethyl adjacent to an activating group) is 1. The van der Waals surface area contributed by atoms with Crippen molar-refractivity contribution in [1.82, 2.24) is 10.2 Å². The Bertz CT molecular complexity index is 842. The maximum Gasteiger partial charge on any atom is 0.405 e. The smallest absolute Gasteiger partial charge is 0.405 e. The Hall–Kier alpha value is -3.49. The third kappa shape index (κ3) is 6.04. The van der Waals surface area contributed by atoms with Crippen molar-refractivity contribution in [3.63, 3.8) is 0 Å². The van der Waals surface area contributed by atoms with E-state index < -0.39 is 24.4 Å². The molecule has 9 heteroatoms. The van der Waals surface area contributed by atoms with E-state index in [0.29, 0.717) is 10.3 Å². The van der Waals surface area contributed by atoms with Crippen LogP contribution < -0.4 is 10.0 Å². The molecular weight excluding hydrogens is 369 g/mol. The molecule has 2 rings (SSSR count). The lowest BCUT2D eigenvalue weighted by atomic mass is 10.2. The Balaban J connectivity index is 1.81. The number of carbonyl (C=O) groups is 3. The number of amides is 2. The summed E-state index contributed by atoms with van der Waals surface area (Å²) < 4.78 is 18.1. The number of halogens is 1. The molecule has 0 bridgehead atoms. The van der Waals surface area contributed by atoms with Crippen molar-refractivity contribution in [1.29, 1.82) is 0 Å². The molecule has 2 amide bonds. The average molecular weight is 389 g/mol. The Morgan fingerprint density at radius 3 is 2.54 bits per heavy atom. The minimum atomic E-state index is -0.930. The van der Waals surface area contributed by atoms with Gasteiger partial charge in [0, 0.05) is 25.2 Å². The SMILES string of the molecule is CCN(CC(=O)NCc1ccc(F)cc1)C(=O)COC(=O)c1cccc[n+]1[O-]. The van der Waals surface area contributed by atoms with Gasteiger partial charge in [-0.3, -0.25) is 9.59 Å². The highest BCUT2D eigenvalue weighted by molar-refractivity contribution is 5.89. The normalized spacial score (nSPS) is 10.2. The van der Waals surface area contributed by atoms with E-state index in [4.69, 9.17) is 4.74 Å². The number of carbonyl (C=O) groups excluding carboxylic acids is 3. The van der Waals surface area contributed by atoms with Crippen LogP contribution in [0, 0.1) is 11.0 Å². The summed E-state index contributed by atoms with van der Waals surface area (Å²) in [5.74, 6) is -2.28. The summed E-state index contributed by atoms with van der Waals surface area (Å²) >= 11 is 0. The molecule has 0 spiro atoms. The predicted molar refractivity (Wildman–Crippen MR) is 96.2 cm³/mol. The van der Waals surface area contributed by atoms with Crippen molar-refractivity contribution in [2.45, 2.75) is 13.5 Å². The van der Waals surface area contributed by atoms with Crippen LogP contribution in [0.25, 0.3) is 0 Å². The van der Waals surface area contributed by atoms with Gasteiger partial charge in [-0.2, -0.15) is 4.73 Å². The Labute approximate surface area is 161 Å². The maximum absolute atomic E-state index is 12.9. The van der Waals surface area contributed by atoms with Gasteiger partial charge in [0.05, 0.1) is 6.54 Å². The Morgan fingerprint density at radius 1 is 1.18 bits per heavy atom. The molecule has 1 aromatic heterocycles. The summed E-state index contributed by atoms with van der Waals surface area (Å²) in [5, 5.41) is 14.1. The second-order valence-corrected chi connectivity index (χ2v) is 5.80. The Kier molecular flexibility index (Phi) is 7.44. The summed E-state index contributed by atoms with van der Waals surface area (Å²) in [5.41, 5.74) is 0.474. The van der Waals surface area contributed by atoms with Gasteiger partial charge in [0.15, 0.2) is 12.8 Å². The van der Waals surface area contributed by atoms with Crippen molar-refractivity contribution >= 4 is 17.8 Å². The Morgan fingerprint density at radius 2 is 1.89 bits per heavy atom. The number of nitrogens with zero attached hydrogens (tertiary/aromatic N) is 2. The first-order chi connectivity index (χ1) is 13.4. The second kappa shape index (κ2) is 10.0. The molecule has 0 fully saturated rings. The zero-order valence-electron chi connectivity index (χ0n) is 15.3. The van der Waals surface area contributed by atoms with Gasteiger partial charge in [-0.05, 0) is 30.7 Å². The molecule has 0 saturated carbocycles. The van der Waals surface area contributed by atoms with Crippen LogP contribution in [-0.4, -0.2) is 42.4 Å². The molecular formula is C19H20FN3O5. The lowest BCUT2D eigenvalue weighted by molar-refractivity contribution is -0.608. The summed E-state index contributed by atoms with van der Waals surface area (Å²) in [6.45, 7) is 1.29. The first-order valence-electron chi connectivity index (χ1n) is 8.55. The van der Waals surface area contributed by atoms with Crippen LogP contribution in [0.4, 0.5) is 4.39 Å². The molecule has 8 nitrogen and oxygen atoms in total. The van der Waals surface area contributed by atoms with Crippen LogP contribution in [0.2, 0.25) is 0 Å². The van der Waals surface area contributed by atoms with E-state index in [-0.39, 0.29) is 31.1 Å². The fourth-order valence-electron chi connectivity index (χ4n) is 2.29. The molecule has 1 aromatic carbocycles. The van der Waals surface area contributed by atoms with E-state index in [0.717, 1.165) is 6.20 Å². The maximum atomic E-state index is 12.9. The molecule has 0 atom stereocenters. The zero-order valence-corrected chi connectivity index (χ0v) is 15.3. The van der Waals surface area contributed by atoms with Gasteiger partial charge in [-0.15, -0.1) is 0 Å². The molecule has 1 heterocycles. The van der Waals surface area contributed by atoms with E-state index in [1.165, 1.54) is 35.2 Å². The minimum Gasteiger partial charge on any atom is -0.618 e. The lowest BCUT2D eigenvalue weighted by Gasteiger charge is -2.20. The summed E-state index contributed by atoms with van der Waals surface area (Å²) in [6.07, 6.45) is 1.14. The summed E-state index contributed by atoms with van der Waals surface area (Å²) in [7, 11) is 0. The quantitative estimate of drug-likeness (QED) is 0.408. The molecule has 0 aliphatic rings. The standard InChI is InChI=1S/C19H20FN3O5/c1-2-22(12-17(24)21-11-14-6-8-15(20)9-7-14)18(25)13-28-19(26)16-5-3-4-10-23(16)27/h3-10H,2,11-13H2,1H3,(H,21,24). The highest BCUT2D eigenvalue weighted by Gasteiger charge is 2.21. The van der Waals surface area contributed by atoms with Crippen LogP contribution in [0.3, 0.4) is 0 Å². The number of nitrogens with one attached hydrogen (secondary N) is 1. The molecule has 0 aliphatic carbocycles. The van der Waals surface area contributed by atoms with Crippen molar-refractivity contribution in [2.75, 3.05) is 19.7 Å². The van der Waals surface area contributed by atoms with Crippen LogP contribution in [0.1, 0.15) is 23.0 Å². The average Bonchev–Trinajstić information content (AvgIpc) is 2.69. The molecule has 148 valence electrons. The summed E-state index contributed by atoms with van der Waals surface area (Å²) in [6, 6.07) is 9.90. The first-order valence-corrected chi connectivity index (χ1v) is 8.55. The molecule has 1 N–H and O–H groups in total. The number of rotatable bonds is 8. The van der Waals surface area contributed by atoms with Crippen LogP contribution in [-0.2, 0) is 20.9 Å². The van der Waals surface area contributed by atoms with E-state index in [2.05, 4.69) is 5.32 Å². The highest BCUT2D eigenvalue weighted by atomic mass is 19.1. The lowest BCUT2D eigenvalue weighted by Crippen LogP contribution is -2.42. The zero-order chi connectivity index (χ0) is 20.5. The van der Waals surface area contributed by atoms with Crippen molar-refractivity contribution in [3.8, 4) is 0 Å². The number of hydrogen-bond acceptors (Lipinski definition) is 5. The fourth-order valence-corrected chi connectivity index (χ4v) is 2.29. The van der Waals surface area contributed by atoms with E-state index in [1.807, 2.05) is 0 Å². The number of esters is 1. The number of hydrogen-bond donors (Lipinski definition) is 1. The van der Waals surface area contributed by atoms with Gasteiger partial charge >= 0.3 is 11.7 Å². The number of aromatic nitrogens is 1. The third-order valence-corrected chi connectivity index (χ3v) is 3.83. The van der Waals surface area contributed by atoms with Crippen LogP contribution in [0.5, 0.6) is 0 Å². The van der Waals surface area contributed by atoms with Crippen molar-refractivity contribution in [2.24, 2.45) is 0 Å². The van der Waals surface area contributed by atoms with Crippen LogP contribution >= 0.6 is 0 Å². The predicted octanol–water partition coefficient (Wildman–Crippen LogP) is 0.781. The van der Waals surface area contributed by atoms with Crippen LogP contribution in [0.15, 0.2) is 48.7 Å². The van der Waals surface area contributed by atoms with Gasteiger partial charge in [-0.25, -0.2) is 9.18 Å². The van der Waals surface area contributed by atoms with Gasteiger partial charge < -0.3 is 20.2 Å². The van der Waals surface area contributed by atoms with Gasteiger partial charge in [0.25, 0.3) is 5.91 Å². The van der Waals surface area contributed by atoms with Gasteiger partial charge in [-0.1, -0.05) is 12.1 Å². The number of benzene rings is 1. The number of ether oxygens (including phenoxy) is 1. The highest BCUT2D eigenvalue weighted by Crippen LogP contribution is 2.02.